The first-order chi connectivity index (χ1) is 14.1. The van der Waals surface area contributed by atoms with Gasteiger partial charge in [-0.2, -0.15) is 4.98 Å². The molecule has 0 fully saturated rings. The van der Waals surface area contributed by atoms with E-state index in [1.165, 1.54) is 0 Å². The van der Waals surface area contributed by atoms with Gasteiger partial charge in [-0.25, -0.2) is 4.98 Å². The van der Waals surface area contributed by atoms with Crippen LogP contribution in [-0.4, -0.2) is 36.1 Å². The van der Waals surface area contributed by atoms with Crippen LogP contribution in [0.4, 0.5) is 11.8 Å². The fourth-order valence-electron chi connectivity index (χ4n) is 2.87. The Hall–Kier alpha value is -2.77. The first-order valence-corrected chi connectivity index (χ1v) is 10.1. The first-order valence-electron chi connectivity index (χ1n) is 9.29. The minimum Gasteiger partial charge on any atom is -0.383 e. The van der Waals surface area contributed by atoms with Crippen LogP contribution in [0.1, 0.15) is 28.9 Å². The van der Waals surface area contributed by atoms with Crippen molar-refractivity contribution in [2.45, 2.75) is 13.0 Å². The van der Waals surface area contributed by atoms with Gasteiger partial charge in [0, 0.05) is 23.3 Å². The van der Waals surface area contributed by atoms with E-state index in [1.54, 1.807) is 36.4 Å². The molecule has 1 aromatic heterocycles. The number of hydrogen-bond donors (Lipinski definition) is 1. The molecule has 1 heterocycles. The van der Waals surface area contributed by atoms with Gasteiger partial charge in [0.1, 0.15) is 5.82 Å². The summed E-state index contributed by atoms with van der Waals surface area (Å²) >= 11 is 3.42. The lowest BCUT2D eigenvalue weighted by Gasteiger charge is -2.22. The topological polar surface area (TPSA) is 67.3 Å². The minimum atomic E-state index is -0.149. The summed E-state index contributed by atoms with van der Waals surface area (Å²) in [4.78, 5) is 23.6. The van der Waals surface area contributed by atoms with Crippen molar-refractivity contribution in [1.29, 1.82) is 0 Å². The van der Waals surface area contributed by atoms with E-state index < -0.39 is 0 Å². The van der Waals surface area contributed by atoms with Crippen molar-refractivity contribution < 1.29 is 9.53 Å². The number of ether oxygens (including phenoxy) is 1. The van der Waals surface area contributed by atoms with E-state index in [0.29, 0.717) is 30.5 Å². The van der Waals surface area contributed by atoms with Gasteiger partial charge in [0.25, 0.3) is 5.91 Å². The third-order valence-electron chi connectivity index (χ3n) is 4.40. The lowest BCUT2D eigenvalue weighted by molar-refractivity contribution is 0.0975. The monoisotopic (exact) mass is 454 g/mol. The quantitative estimate of drug-likeness (QED) is 0.533. The highest BCUT2D eigenvalue weighted by atomic mass is 79.9. The van der Waals surface area contributed by atoms with Crippen molar-refractivity contribution in [3.05, 3.63) is 82.5 Å². The van der Waals surface area contributed by atoms with Crippen LogP contribution in [0.3, 0.4) is 0 Å². The van der Waals surface area contributed by atoms with E-state index in [2.05, 4.69) is 31.2 Å². The Morgan fingerprint density at radius 1 is 1.17 bits per heavy atom. The highest BCUT2D eigenvalue weighted by Gasteiger charge is 2.20. The van der Waals surface area contributed by atoms with Crippen LogP contribution in [0.5, 0.6) is 0 Å². The number of rotatable bonds is 8. The number of carbonyl (C=O) groups is 1. The van der Waals surface area contributed by atoms with Crippen molar-refractivity contribution in [3.8, 4) is 0 Å². The summed E-state index contributed by atoms with van der Waals surface area (Å²) < 4.78 is 6.04. The third-order valence-corrected chi connectivity index (χ3v) is 4.89. The number of anilines is 2. The molecule has 0 bridgehead atoms. The Morgan fingerprint density at radius 2 is 1.97 bits per heavy atom. The summed E-state index contributed by atoms with van der Waals surface area (Å²) in [6.07, 6.45) is 1.65. The number of aromatic nitrogens is 2. The maximum absolute atomic E-state index is 13.1. The minimum absolute atomic E-state index is 0.0275. The molecule has 3 rings (SSSR count). The van der Waals surface area contributed by atoms with Crippen LogP contribution in [0.2, 0.25) is 0 Å². The number of carbonyl (C=O) groups excluding carboxylic acids is 1. The van der Waals surface area contributed by atoms with E-state index in [1.807, 2.05) is 49.4 Å². The van der Waals surface area contributed by atoms with Gasteiger partial charge in [0.15, 0.2) is 0 Å². The molecule has 0 aliphatic heterocycles. The lowest BCUT2D eigenvalue weighted by Crippen LogP contribution is -2.34. The van der Waals surface area contributed by atoms with Crippen LogP contribution in [0.15, 0.2) is 71.3 Å². The van der Waals surface area contributed by atoms with Crippen molar-refractivity contribution in [2.24, 2.45) is 0 Å². The molecule has 0 radical (unpaired) electrons. The molecule has 0 spiro atoms. The van der Waals surface area contributed by atoms with Gasteiger partial charge in [-0.15, -0.1) is 0 Å². The predicted molar refractivity (Wildman–Crippen MR) is 118 cm³/mol. The second-order valence-corrected chi connectivity index (χ2v) is 7.39. The zero-order valence-corrected chi connectivity index (χ0v) is 18.0. The largest absolute Gasteiger partial charge is 0.383 e. The Balaban J connectivity index is 1.84. The van der Waals surface area contributed by atoms with Crippen molar-refractivity contribution in [1.82, 2.24) is 9.97 Å². The molecule has 150 valence electrons. The van der Waals surface area contributed by atoms with Gasteiger partial charge >= 0.3 is 0 Å². The smallest absolute Gasteiger partial charge is 0.259 e. The molecule has 0 unspecified atom stereocenters. The Bertz CT molecular complexity index is 952. The molecule has 6 nitrogen and oxygen atoms in total. The molecule has 29 heavy (non-hydrogen) atoms. The van der Waals surface area contributed by atoms with Crippen molar-refractivity contribution in [2.75, 3.05) is 30.5 Å². The van der Waals surface area contributed by atoms with Crippen molar-refractivity contribution >= 4 is 33.6 Å². The number of amides is 1. The number of halogens is 1. The average molecular weight is 455 g/mol. The molecule has 2 aromatic carbocycles. The maximum atomic E-state index is 13.1. The van der Waals surface area contributed by atoms with Crippen LogP contribution in [-0.2, 0) is 4.74 Å². The Labute approximate surface area is 179 Å². The zero-order chi connectivity index (χ0) is 20.6. The zero-order valence-electron chi connectivity index (χ0n) is 16.4. The highest BCUT2D eigenvalue weighted by Crippen LogP contribution is 2.21. The summed E-state index contributed by atoms with van der Waals surface area (Å²) in [7, 11) is 1.61. The predicted octanol–water partition coefficient (Wildman–Crippen LogP) is 4.71. The average Bonchev–Trinajstić information content (AvgIpc) is 2.75. The van der Waals surface area contributed by atoms with Crippen LogP contribution >= 0.6 is 15.9 Å². The fourth-order valence-corrected chi connectivity index (χ4v) is 3.27. The molecule has 0 saturated heterocycles. The van der Waals surface area contributed by atoms with Crippen LogP contribution < -0.4 is 10.2 Å². The standard InChI is InChI=1S/C22H23BrN4O2/c1-16(17-7-4-3-5-8-17)25-22-24-12-11-20(26-22)27(13-14-29-2)21(28)18-9-6-10-19(23)15-18/h3-12,15-16H,13-14H2,1-2H3,(H,24,25,26)/t16-/m0/s1. The highest BCUT2D eigenvalue weighted by molar-refractivity contribution is 9.10. The molecule has 0 aliphatic carbocycles. The summed E-state index contributed by atoms with van der Waals surface area (Å²) in [6, 6.07) is 19.1. The maximum Gasteiger partial charge on any atom is 0.259 e. The number of hydrogen-bond acceptors (Lipinski definition) is 5. The van der Waals surface area contributed by atoms with Gasteiger partial charge in [-0.05, 0) is 36.8 Å². The molecular formula is C22H23BrN4O2. The first kappa shape index (κ1) is 21.0. The van der Waals surface area contributed by atoms with Gasteiger partial charge in [-0.3, -0.25) is 9.69 Å². The summed E-state index contributed by atoms with van der Waals surface area (Å²) in [6.45, 7) is 2.82. The number of benzene rings is 2. The molecular weight excluding hydrogens is 432 g/mol. The summed E-state index contributed by atoms with van der Waals surface area (Å²) in [5.41, 5.74) is 1.70. The second-order valence-electron chi connectivity index (χ2n) is 6.48. The Kier molecular flexibility index (Phi) is 7.32. The molecule has 3 aromatic rings. The van der Waals surface area contributed by atoms with E-state index in [9.17, 15) is 4.79 Å². The summed E-state index contributed by atoms with van der Waals surface area (Å²) in [5.74, 6) is 0.831. The van der Waals surface area contributed by atoms with Gasteiger partial charge in [0.2, 0.25) is 5.95 Å². The van der Waals surface area contributed by atoms with Gasteiger partial charge in [0.05, 0.1) is 19.2 Å². The van der Waals surface area contributed by atoms with Gasteiger partial charge in [-0.1, -0.05) is 52.3 Å². The van der Waals surface area contributed by atoms with E-state index in [-0.39, 0.29) is 11.9 Å². The molecule has 0 aliphatic rings. The third kappa shape index (κ3) is 5.62. The molecule has 1 N–H and O–H groups in total. The van der Waals surface area contributed by atoms with Gasteiger partial charge < -0.3 is 10.1 Å². The van der Waals surface area contributed by atoms with E-state index >= 15 is 0 Å². The molecule has 1 atom stereocenters. The molecule has 7 heteroatoms. The summed E-state index contributed by atoms with van der Waals surface area (Å²) in [5, 5.41) is 3.30. The number of methoxy groups -OCH3 is 1. The molecule has 0 saturated carbocycles. The molecule has 1 amide bonds. The SMILES string of the molecule is COCCN(C(=O)c1cccc(Br)c1)c1ccnc(N[C@@H](C)c2ccccc2)n1. The normalized spacial score (nSPS) is 11.7. The lowest BCUT2D eigenvalue weighted by atomic mass is 10.1. The Morgan fingerprint density at radius 3 is 2.69 bits per heavy atom. The van der Waals surface area contributed by atoms with Crippen LogP contribution in [0, 0.1) is 0 Å². The number of nitrogens with zero attached hydrogens (tertiary/aromatic N) is 3. The van der Waals surface area contributed by atoms with E-state index in [0.717, 1.165) is 10.0 Å². The fraction of sp³-hybridized carbons (Fsp3) is 0.227. The van der Waals surface area contributed by atoms with Crippen molar-refractivity contribution in [3.63, 3.8) is 0 Å². The van der Waals surface area contributed by atoms with E-state index in [4.69, 9.17) is 4.74 Å². The number of nitrogens with one attached hydrogen (secondary N) is 1. The second kappa shape index (κ2) is 10.1. The van der Waals surface area contributed by atoms with Crippen LogP contribution in [0.25, 0.3) is 0 Å².